The predicted molar refractivity (Wildman–Crippen MR) is 75.0 cm³/mol. The molecule has 2 aliphatic rings. The van der Waals surface area contributed by atoms with E-state index in [1.807, 2.05) is 0 Å². The molecule has 0 bridgehead atoms. The van der Waals surface area contributed by atoms with E-state index in [-0.39, 0.29) is 11.8 Å². The summed E-state index contributed by atoms with van der Waals surface area (Å²) in [6.07, 6.45) is 3.17. The Hall–Kier alpha value is -2.25. The zero-order valence-electron chi connectivity index (χ0n) is 12.6. The van der Waals surface area contributed by atoms with Gasteiger partial charge in [-0.1, -0.05) is 0 Å². The number of aromatic nitrogens is 3. The fraction of sp³-hybridized carbons (Fsp3) is 0.533. The van der Waals surface area contributed by atoms with Crippen LogP contribution in [0.5, 0.6) is 0 Å². The molecule has 1 aliphatic heterocycles. The first-order valence-electron chi connectivity index (χ1n) is 7.58. The number of likely N-dealkylation sites (tertiary alicyclic amines) is 1. The van der Waals surface area contributed by atoms with Gasteiger partial charge in [0.15, 0.2) is 0 Å². The van der Waals surface area contributed by atoms with Crippen molar-refractivity contribution in [3.05, 3.63) is 35.8 Å². The van der Waals surface area contributed by atoms with Crippen molar-refractivity contribution < 1.29 is 18.0 Å². The van der Waals surface area contributed by atoms with Crippen LogP contribution in [-0.4, -0.2) is 38.0 Å². The highest BCUT2D eigenvalue weighted by Crippen LogP contribution is 2.44. The SMILES string of the molecule is Cn1cccc1C(=O)N1CC(F)(F)C[C@H]1c1nnc(C2CC2)o1. The van der Waals surface area contributed by atoms with E-state index in [4.69, 9.17) is 4.42 Å². The summed E-state index contributed by atoms with van der Waals surface area (Å²) in [7, 11) is 1.70. The normalized spacial score (nSPS) is 23.4. The lowest BCUT2D eigenvalue weighted by molar-refractivity contribution is 0.0116. The molecular formula is C15H16F2N4O2. The van der Waals surface area contributed by atoms with Crippen LogP contribution in [-0.2, 0) is 7.05 Å². The smallest absolute Gasteiger partial charge is 0.271 e. The fourth-order valence-corrected chi connectivity index (χ4v) is 2.96. The maximum absolute atomic E-state index is 13.9. The molecule has 2 aromatic rings. The van der Waals surface area contributed by atoms with Crippen molar-refractivity contribution in [2.45, 2.75) is 37.1 Å². The standard InChI is InChI=1S/C15H16F2N4O2/c1-20-6-2-3-10(20)14(22)21-8-15(16,17)7-11(21)13-19-18-12(23-13)9-4-5-9/h2-3,6,9,11H,4-5,7-8H2,1H3/t11-/m0/s1. The lowest BCUT2D eigenvalue weighted by atomic mass is 10.2. The van der Waals surface area contributed by atoms with Crippen LogP contribution in [0.25, 0.3) is 0 Å². The van der Waals surface area contributed by atoms with E-state index in [9.17, 15) is 13.6 Å². The largest absolute Gasteiger partial charge is 0.423 e. The van der Waals surface area contributed by atoms with Crippen LogP contribution < -0.4 is 0 Å². The van der Waals surface area contributed by atoms with E-state index < -0.39 is 30.8 Å². The van der Waals surface area contributed by atoms with Crippen LogP contribution in [0, 0.1) is 0 Å². The molecule has 1 atom stereocenters. The van der Waals surface area contributed by atoms with E-state index in [1.165, 1.54) is 0 Å². The van der Waals surface area contributed by atoms with E-state index in [0.29, 0.717) is 11.6 Å². The minimum absolute atomic E-state index is 0.103. The van der Waals surface area contributed by atoms with Gasteiger partial charge < -0.3 is 13.9 Å². The summed E-state index contributed by atoms with van der Waals surface area (Å²) >= 11 is 0. The number of rotatable bonds is 3. The Morgan fingerprint density at radius 2 is 2.09 bits per heavy atom. The summed E-state index contributed by atoms with van der Waals surface area (Å²) in [5.74, 6) is -2.58. The van der Waals surface area contributed by atoms with E-state index in [1.54, 1.807) is 29.9 Å². The number of hydrogen-bond donors (Lipinski definition) is 0. The Labute approximate surface area is 131 Å². The second-order valence-corrected chi connectivity index (χ2v) is 6.27. The summed E-state index contributed by atoms with van der Waals surface area (Å²) < 4.78 is 35.0. The first-order valence-corrected chi connectivity index (χ1v) is 7.58. The van der Waals surface area contributed by atoms with Gasteiger partial charge in [0, 0.05) is 25.6 Å². The van der Waals surface area contributed by atoms with Crippen LogP contribution in [0.3, 0.4) is 0 Å². The number of carbonyl (C=O) groups is 1. The van der Waals surface area contributed by atoms with Gasteiger partial charge in [-0.2, -0.15) is 0 Å². The number of carbonyl (C=O) groups excluding carboxylic acids is 1. The predicted octanol–water partition coefficient (Wildman–Crippen LogP) is 2.51. The molecule has 8 heteroatoms. The lowest BCUT2D eigenvalue weighted by Gasteiger charge is -2.21. The average Bonchev–Trinajstić information content (AvgIpc) is 2.94. The Bertz CT molecular complexity index is 750. The first-order chi connectivity index (χ1) is 10.9. The molecule has 1 saturated heterocycles. The highest BCUT2D eigenvalue weighted by molar-refractivity contribution is 5.93. The number of hydrogen-bond acceptors (Lipinski definition) is 4. The van der Waals surface area contributed by atoms with Gasteiger partial charge in [-0.25, -0.2) is 8.78 Å². The van der Waals surface area contributed by atoms with Crippen LogP contribution in [0.1, 0.15) is 53.5 Å². The molecule has 2 fully saturated rings. The molecule has 1 saturated carbocycles. The van der Waals surface area contributed by atoms with Gasteiger partial charge in [-0.3, -0.25) is 4.79 Å². The number of alkyl halides is 2. The van der Waals surface area contributed by atoms with Crippen molar-refractivity contribution in [3.8, 4) is 0 Å². The van der Waals surface area contributed by atoms with Gasteiger partial charge in [-0.05, 0) is 25.0 Å². The number of nitrogens with zero attached hydrogens (tertiary/aromatic N) is 4. The van der Waals surface area contributed by atoms with Gasteiger partial charge in [0.25, 0.3) is 11.8 Å². The Morgan fingerprint density at radius 1 is 1.35 bits per heavy atom. The maximum atomic E-state index is 13.9. The molecule has 23 heavy (non-hydrogen) atoms. The molecule has 0 aromatic carbocycles. The highest BCUT2D eigenvalue weighted by atomic mass is 19.3. The highest BCUT2D eigenvalue weighted by Gasteiger charge is 2.50. The molecule has 1 aliphatic carbocycles. The first kappa shape index (κ1) is 14.3. The van der Waals surface area contributed by atoms with Crippen LogP contribution >= 0.6 is 0 Å². The Kier molecular flexibility index (Phi) is 3.04. The average molecular weight is 322 g/mol. The van der Waals surface area contributed by atoms with E-state index in [0.717, 1.165) is 17.7 Å². The van der Waals surface area contributed by atoms with Crippen molar-refractivity contribution >= 4 is 5.91 Å². The third kappa shape index (κ3) is 2.51. The lowest BCUT2D eigenvalue weighted by Crippen LogP contribution is -2.34. The van der Waals surface area contributed by atoms with Crippen LogP contribution in [0.4, 0.5) is 8.78 Å². The molecule has 0 radical (unpaired) electrons. The zero-order chi connectivity index (χ0) is 16.2. The number of amides is 1. The molecule has 0 N–H and O–H groups in total. The van der Waals surface area contributed by atoms with Crippen molar-refractivity contribution in [2.24, 2.45) is 7.05 Å². The van der Waals surface area contributed by atoms with Gasteiger partial charge in [0.2, 0.25) is 11.8 Å². The van der Waals surface area contributed by atoms with Gasteiger partial charge in [0.1, 0.15) is 11.7 Å². The van der Waals surface area contributed by atoms with Gasteiger partial charge in [0.05, 0.1) is 6.54 Å². The molecule has 122 valence electrons. The Morgan fingerprint density at radius 3 is 2.74 bits per heavy atom. The van der Waals surface area contributed by atoms with Crippen LogP contribution in [0.2, 0.25) is 0 Å². The number of halogens is 2. The summed E-state index contributed by atoms with van der Waals surface area (Å²) in [6.45, 7) is -0.636. The molecule has 0 spiro atoms. The summed E-state index contributed by atoms with van der Waals surface area (Å²) in [6, 6.07) is 2.43. The minimum atomic E-state index is -2.96. The second kappa shape index (κ2) is 4.87. The maximum Gasteiger partial charge on any atom is 0.271 e. The van der Waals surface area contributed by atoms with Crippen molar-refractivity contribution in [3.63, 3.8) is 0 Å². The third-order valence-corrected chi connectivity index (χ3v) is 4.36. The third-order valence-electron chi connectivity index (χ3n) is 4.36. The Balaban J connectivity index is 1.65. The molecule has 6 nitrogen and oxygen atoms in total. The number of aryl methyl sites for hydroxylation is 1. The summed E-state index contributed by atoms with van der Waals surface area (Å²) in [5, 5.41) is 7.85. The van der Waals surface area contributed by atoms with Crippen molar-refractivity contribution in [1.82, 2.24) is 19.7 Å². The fourth-order valence-electron chi connectivity index (χ4n) is 2.96. The molecule has 0 unspecified atom stereocenters. The van der Waals surface area contributed by atoms with Crippen molar-refractivity contribution in [2.75, 3.05) is 6.54 Å². The zero-order valence-corrected chi connectivity index (χ0v) is 12.6. The van der Waals surface area contributed by atoms with E-state index in [2.05, 4.69) is 10.2 Å². The van der Waals surface area contributed by atoms with Crippen molar-refractivity contribution in [1.29, 1.82) is 0 Å². The topological polar surface area (TPSA) is 64.2 Å². The van der Waals surface area contributed by atoms with E-state index >= 15 is 0 Å². The van der Waals surface area contributed by atoms with Gasteiger partial charge in [-0.15, -0.1) is 10.2 Å². The monoisotopic (exact) mass is 322 g/mol. The minimum Gasteiger partial charge on any atom is -0.423 e. The summed E-state index contributed by atoms with van der Waals surface area (Å²) in [4.78, 5) is 13.8. The van der Waals surface area contributed by atoms with Crippen LogP contribution in [0.15, 0.2) is 22.7 Å². The molecule has 2 aromatic heterocycles. The van der Waals surface area contributed by atoms with Gasteiger partial charge >= 0.3 is 0 Å². The molecule has 4 rings (SSSR count). The summed E-state index contributed by atoms with van der Waals surface area (Å²) in [5.41, 5.74) is 0.356. The quantitative estimate of drug-likeness (QED) is 0.871. The molecule has 1 amide bonds. The molecular weight excluding hydrogens is 306 g/mol. The second-order valence-electron chi connectivity index (χ2n) is 6.27. The molecule has 3 heterocycles.